The SMILES string of the molecule is CC1C=CN(CN2CCN(C)CC2)N1. The van der Waals surface area contributed by atoms with Gasteiger partial charge in [0, 0.05) is 38.4 Å². The van der Waals surface area contributed by atoms with Gasteiger partial charge in [0.1, 0.15) is 0 Å². The van der Waals surface area contributed by atoms with Crippen molar-refractivity contribution < 1.29 is 0 Å². The third kappa shape index (κ3) is 2.47. The highest BCUT2D eigenvalue weighted by Crippen LogP contribution is 2.04. The Morgan fingerprint density at radius 3 is 2.57 bits per heavy atom. The van der Waals surface area contributed by atoms with Crippen molar-refractivity contribution >= 4 is 0 Å². The summed E-state index contributed by atoms with van der Waals surface area (Å²) in [6, 6.07) is 0.488. The van der Waals surface area contributed by atoms with Crippen molar-refractivity contribution in [1.29, 1.82) is 0 Å². The van der Waals surface area contributed by atoms with Gasteiger partial charge < -0.3 is 9.91 Å². The quantitative estimate of drug-likeness (QED) is 0.666. The normalized spacial score (nSPS) is 30.1. The first-order valence-electron chi connectivity index (χ1n) is 5.36. The molecule has 2 aliphatic heterocycles. The van der Waals surface area contributed by atoms with Crippen LogP contribution in [0.25, 0.3) is 0 Å². The third-order valence-electron chi connectivity index (χ3n) is 2.87. The smallest absolute Gasteiger partial charge is 0.0857 e. The van der Waals surface area contributed by atoms with E-state index in [1.165, 1.54) is 26.2 Å². The van der Waals surface area contributed by atoms with Gasteiger partial charge in [0.2, 0.25) is 0 Å². The molecule has 4 nitrogen and oxygen atoms in total. The van der Waals surface area contributed by atoms with Gasteiger partial charge >= 0.3 is 0 Å². The molecule has 2 heterocycles. The predicted octanol–water partition coefficient (Wildman–Crippen LogP) is -0.0863. The van der Waals surface area contributed by atoms with E-state index in [1.807, 2.05) is 0 Å². The van der Waals surface area contributed by atoms with E-state index in [1.54, 1.807) is 0 Å². The topological polar surface area (TPSA) is 21.8 Å². The molecule has 0 aromatic rings. The molecule has 1 saturated heterocycles. The fraction of sp³-hybridized carbons (Fsp3) is 0.800. The zero-order chi connectivity index (χ0) is 9.97. The molecule has 4 heteroatoms. The van der Waals surface area contributed by atoms with E-state index in [2.05, 4.69) is 46.5 Å². The maximum Gasteiger partial charge on any atom is 0.0857 e. The molecule has 0 aromatic heterocycles. The first-order valence-corrected chi connectivity index (χ1v) is 5.36. The van der Waals surface area contributed by atoms with Crippen molar-refractivity contribution in [3.8, 4) is 0 Å². The highest BCUT2D eigenvalue weighted by molar-refractivity contribution is 4.96. The standard InChI is InChI=1S/C10H20N4/c1-10-3-4-14(11-10)9-13-7-5-12(2)6-8-13/h3-4,10-11H,5-9H2,1-2H3. The lowest BCUT2D eigenvalue weighted by atomic mass is 10.3. The van der Waals surface area contributed by atoms with Gasteiger partial charge in [-0.2, -0.15) is 0 Å². The van der Waals surface area contributed by atoms with Crippen LogP contribution in [0.15, 0.2) is 12.3 Å². The molecule has 80 valence electrons. The Hall–Kier alpha value is -0.580. The lowest BCUT2D eigenvalue weighted by Gasteiger charge is -2.35. The van der Waals surface area contributed by atoms with Gasteiger partial charge in [0.05, 0.1) is 6.67 Å². The first kappa shape index (κ1) is 9.96. The van der Waals surface area contributed by atoms with Crippen molar-refractivity contribution in [3.63, 3.8) is 0 Å². The highest BCUT2D eigenvalue weighted by atomic mass is 15.6. The Balaban J connectivity index is 1.73. The second kappa shape index (κ2) is 4.29. The molecule has 0 bridgehead atoms. The summed E-state index contributed by atoms with van der Waals surface area (Å²) in [4.78, 5) is 4.86. The Kier molecular flexibility index (Phi) is 3.05. The lowest BCUT2D eigenvalue weighted by Crippen LogP contribution is -2.50. The zero-order valence-electron chi connectivity index (χ0n) is 9.11. The van der Waals surface area contributed by atoms with Crippen LogP contribution in [0.5, 0.6) is 0 Å². The summed E-state index contributed by atoms with van der Waals surface area (Å²) in [7, 11) is 2.19. The summed E-state index contributed by atoms with van der Waals surface area (Å²) in [5, 5.41) is 2.18. The zero-order valence-corrected chi connectivity index (χ0v) is 9.11. The molecule has 1 atom stereocenters. The van der Waals surface area contributed by atoms with Crippen LogP contribution in [0.4, 0.5) is 0 Å². The Labute approximate surface area is 86.1 Å². The van der Waals surface area contributed by atoms with Crippen LogP contribution in [0.3, 0.4) is 0 Å². The molecule has 1 unspecified atom stereocenters. The number of rotatable bonds is 2. The molecule has 2 aliphatic rings. The summed E-state index contributed by atoms with van der Waals surface area (Å²) in [6.07, 6.45) is 4.33. The number of piperazine rings is 1. The Morgan fingerprint density at radius 1 is 1.29 bits per heavy atom. The minimum absolute atomic E-state index is 0.488. The van der Waals surface area contributed by atoms with E-state index in [9.17, 15) is 0 Å². The van der Waals surface area contributed by atoms with Gasteiger partial charge in [-0.1, -0.05) is 0 Å². The summed E-state index contributed by atoms with van der Waals surface area (Å²) < 4.78 is 0. The monoisotopic (exact) mass is 196 g/mol. The van der Waals surface area contributed by atoms with E-state index >= 15 is 0 Å². The van der Waals surface area contributed by atoms with Crippen LogP contribution < -0.4 is 5.43 Å². The molecule has 0 aromatic carbocycles. The molecule has 14 heavy (non-hydrogen) atoms. The van der Waals surface area contributed by atoms with Gasteiger partial charge in [0.25, 0.3) is 0 Å². The fourth-order valence-electron chi connectivity index (χ4n) is 1.87. The lowest BCUT2D eigenvalue weighted by molar-refractivity contribution is 0.0865. The average molecular weight is 196 g/mol. The van der Waals surface area contributed by atoms with Crippen LogP contribution in [0.2, 0.25) is 0 Å². The first-order chi connectivity index (χ1) is 6.74. The van der Waals surface area contributed by atoms with Crippen molar-refractivity contribution in [1.82, 2.24) is 20.2 Å². The fourth-order valence-corrected chi connectivity index (χ4v) is 1.87. The number of nitrogens with one attached hydrogen (secondary N) is 1. The summed E-state index contributed by atoms with van der Waals surface area (Å²) in [5.41, 5.74) is 3.38. The molecule has 0 radical (unpaired) electrons. The second-order valence-corrected chi connectivity index (χ2v) is 4.29. The summed E-state index contributed by atoms with van der Waals surface area (Å²) >= 11 is 0. The van der Waals surface area contributed by atoms with Gasteiger partial charge in [-0.05, 0) is 20.0 Å². The highest BCUT2D eigenvalue weighted by Gasteiger charge is 2.17. The van der Waals surface area contributed by atoms with Gasteiger partial charge in [0.15, 0.2) is 0 Å². The van der Waals surface area contributed by atoms with Gasteiger partial charge in [-0.3, -0.25) is 4.90 Å². The predicted molar refractivity (Wildman–Crippen MR) is 57.5 cm³/mol. The number of nitrogens with zero attached hydrogens (tertiary/aromatic N) is 3. The molecule has 0 amide bonds. The molecule has 1 fully saturated rings. The van der Waals surface area contributed by atoms with Crippen molar-refractivity contribution in [2.75, 3.05) is 39.9 Å². The van der Waals surface area contributed by atoms with Crippen LogP contribution >= 0.6 is 0 Å². The molecule has 0 aliphatic carbocycles. The maximum absolute atomic E-state index is 3.38. The van der Waals surface area contributed by atoms with Crippen molar-refractivity contribution in [3.05, 3.63) is 12.3 Å². The number of likely N-dealkylation sites (N-methyl/N-ethyl adjacent to an activating group) is 1. The second-order valence-electron chi connectivity index (χ2n) is 4.29. The Morgan fingerprint density at radius 2 is 2.00 bits per heavy atom. The van der Waals surface area contributed by atoms with Crippen LogP contribution in [0.1, 0.15) is 6.92 Å². The summed E-state index contributed by atoms with van der Waals surface area (Å²) in [5.74, 6) is 0. The molecule has 2 rings (SSSR count). The van der Waals surface area contributed by atoms with E-state index in [4.69, 9.17) is 0 Å². The van der Waals surface area contributed by atoms with E-state index < -0.39 is 0 Å². The molecular weight excluding hydrogens is 176 g/mol. The minimum atomic E-state index is 0.488. The average Bonchev–Trinajstić information content (AvgIpc) is 2.56. The van der Waals surface area contributed by atoms with Crippen molar-refractivity contribution in [2.45, 2.75) is 13.0 Å². The third-order valence-corrected chi connectivity index (χ3v) is 2.87. The van der Waals surface area contributed by atoms with Gasteiger partial charge in [-0.25, -0.2) is 5.43 Å². The van der Waals surface area contributed by atoms with E-state index in [0.29, 0.717) is 6.04 Å². The number of hydrogen-bond acceptors (Lipinski definition) is 4. The summed E-state index contributed by atoms with van der Waals surface area (Å²) in [6.45, 7) is 7.91. The van der Waals surface area contributed by atoms with Crippen LogP contribution in [-0.2, 0) is 0 Å². The Bertz CT molecular complexity index is 208. The van der Waals surface area contributed by atoms with E-state index in [-0.39, 0.29) is 0 Å². The molecular formula is C10H20N4. The largest absolute Gasteiger partial charge is 0.304 e. The minimum Gasteiger partial charge on any atom is -0.304 e. The number of hydrogen-bond donors (Lipinski definition) is 1. The van der Waals surface area contributed by atoms with Crippen LogP contribution in [-0.4, -0.2) is 60.7 Å². The van der Waals surface area contributed by atoms with Gasteiger partial charge in [-0.15, -0.1) is 0 Å². The number of hydrazine groups is 1. The molecule has 0 saturated carbocycles. The van der Waals surface area contributed by atoms with Crippen LogP contribution in [0, 0.1) is 0 Å². The maximum atomic E-state index is 3.38. The van der Waals surface area contributed by atoms with E-state index in [0.717, 1.165) is 6.67 Å². The van der Waals surface area contributed by atoms with Crippen molar-refractivity contribution in [2.24, 2.45) is 0 Å². The molecule has 0 spiro atoms. The molecule has 1 N–H and O–H groups in total.